The topological polar surface area (TPSA) is 71.8 Å². The molecule has 2 N–H and O–H groups in total. The number of fused-ring (bicyclic) bond motifs is 2. The summed E-state index contributed by atoms with van der Waals surface area (Å²) in [5.41, 5.74) is 2.06. The molecule has 1 aromatic carbocycles. The number of hydrogen-bond donors (Lipinski definition) is 2. The fourth-order valence-electron chi connectivity index (χ4n) is 3.28. The molecule has 0 unspecified atom stereocenters. The molecular formula is C16H18ClN5O. The first-order chi connectivity index (χ1) is 11.2. The fourth-order valence-corrected chi connectivity index (χ4v) is 3.47. The summed E-state index contributed by atoms with van der Waals surface area (Å²) in [6.07, 6.45) is 3.93. The maximum Gasteiger partial charge on any atom is 0.243 e. The minimum atomic E-state index is -0.257. The van der Waals surface area contributed by atoms with E-state index in [1.165, 1.54) is 0 Å². The lowest BCUT2D eigenvalue weighted by Crippen LogP contribution is -2.38. The number of carbonyl (C=O) groups is 1. The van der Waals surface area contributed by atoms with Gasteiger partial charge in [-0.3, -0.25) is 4.79 Å². The Balaban J connectivity index is 1.39. The monoisotopic (exact) mass is 331 g/mol. The first-order valence-corrected chi connectivity index (χ1v) is 8.32. The Morgan fingerprint density at radius 3 is 3.22 bits per heavy atom. The van der Waals surface area contributed by atoms with Crippen molar-refractivity contribution in [3.05, 3.63) is 40.4 Å². The van der Waals surface area contributed by atoms with E-state index in [-0.39, 0.29) is 11.9 Å². The molecule has 6 nitrogen and oxygen atoms in total. The number of halogens is 1. The van der Waals surface area contributed by atoms with E-state index < -0.39 is 0 Å². The summed E-state index contributed by atoms with van der Waals surface area (Å²) < 4.78 is 2.13. The Bertz CT molecular complexity index is 757. The number of rotatable bonds is 3. The van der Waals surface area contributed by atoms with Crippen molar-refractivity contribution in [2.75, 3.05) is 5.32 Å². The highest BCUT2D eigenvalue weighted by Crippen LogP contribution is 2.28. The lowest BCUT2D eigenvalue weighted by molar-refractivity contribution is -0.121. The molecule has 0 spiro atoms. The molecule has 2 aliphatic heterocycles. The van der Waals surface area contributed by atoms with E-state index in [4.69, 9.17) is 11.6 Å². The van der Waals surface area contributed by atoms with Gasteiger partial charge in [0.2, 0.25) is 5.91 Å². The molecule has 1 aromatic heterocycles. The maximum absolute atomic E-state index is 12.4. The molecule has 1 atom stereocenters. The predicted molar refractivity (Wildman–Crippen MR) is 87.4 cm³/mol. The zero-order valence-corrected chi connectivity index (χ0v) is 13.4. The number of benzene rings is 1. The molecule has 0 saturated carbocycles. The minimum Gasteiger partial charge on any atom is -0.373 e. The van der Waals surface area contributed by atoms with Gasteiger partial charge in [-0.2, -0.15) is 0 Å². The van der Waals surface area contributed by atoms with Crippen molar-refractivity contribution in [2.24, 2.45) is 0 Å². The van der Waals surface area contributed by atoms with Gasteiger partial charge in [0, 0.05) is 30.1 Å². The SMILES string of the molecule is O=C(NCc1nnc2n1CCCC2)[C@@H]1Cc2cc(Cl)ccc2N1. The molecule has 2 aromatic rings. The minimum absolute atomic E-state index is 0.0227. The number of amides is 1. The second kappa shape index (κ2) is 5.85. The lowest BCUT2D eigenvalue weighted by atomic mass is 10.1. The van der Waals surface area contributed by atoms with Crippen LogP contribution in [0.15, 0.2) is 18.2 Å². The Morgan fingerprint density at radius 2 is 2.30 bits per heavy atom. The van der Waals surface area contributed by atoms with Gasteiger partial charge in [-0.15, -0.1) is 10.2 Å². The third-order valence-electron chi connectivity index (χ3n) is 4.49. The van der Waals surface area contributed by atoms with Crippen LogP contribution in [0.3, 0.4) is 0 Å². The van der Waals surface area contributed by atoms with E-state index in [1.807, 2.05) is 18.2 Å². The summed E-state index contributed by atoms with van der Waals surface area (Å²) in [7, 11) is 0. The number of carbonyl (C=O) groups excluding carboxylic acids is 1. The number of nitrogens with one attached hydrogen (secondary N) is 2. The van der Waals surface area contributed by atoms with Crippen LogP contribution in [0.1, 0.15) is 30.1 Å². The largest absolute Gasteiger partial charge is 0.373 e. The summed E-state index contributed by atoms with van der Waals surface area (Å²) in [5.74, 6) is 1.85. The summed E-state index contributed by atoms with van der Waals surface area (Å²) in [6, 6.07) is 5.40. The standard InChI is InChI=1S/C16H18ClN5O/c17-11-4-5-12-10(7-11)8-13(19-12)16(23)18-9-15-21-20-14-3-1-2-6-22(14)15/h4-5,7,13,19H,1-3,6,8-9H2,(H,18,23)/t13-/m0/s1. The molecule has 0 saturated heterocycles. The second-order valence-corrected chi connectivity index (χ2v) is 6.50. The van der Waals surface area contributed by atoms with Crippen LogP contribution < -0.4 is 10.6 Å². The van der Waals surface area contributed by atoms with Gasteiger partial charge in [-0.05, 0) is 36.6 Å². The zero-order valence-electron chi connectivity index (χ0n) is 12.7. The van der Waals surface area contributed by atoms with E-state index in [0.29, 0.717) is 18.0 Å². The zero-order chi connectivity index (χ0) is 15.8. The van der Waals surface area contributed by atoms with Gasteiger partial charge in [-0.25, -0.2) is 0 Å². The van der Waals surface area contributed by atoms with Crippen LogP contribution in [0, 0.1) is 0 Å². The third-order valence-corrected chi connectivity index (χ3v) is 4.73. The molecule has 120 valence electrons. The molecule has 23 heavy (non-hydrogen) atoms. The predicted octanol–water partition coefficient (Wildman–Crippen LogP) is 1.92. The van der Waals surface area contributed by atoms with Gasteiger partial charge in [0.1, 0.15) is 11.9 Å². The van der Waals surface area contributed by atoms with Crippen molar-refractivity contribution in [2.45, 2.75) is 44.8 Å². The normalized spacial score (nSPS) is 18.9. The van der Waals surface area contributed by atoms with Crippen LogP contribution in [0.5, 0.6) is 0 Å². The van der Waals surface area contributed by atoms with Gasteiger partial charge in [-0.1, -0.05) is 11.6 Å². The van der Waals surface area contributed by atoms with Crippen molar-refractivity contribution in [1.82, 2.24) is 20.1 Å². The summed E-state index contributed by atoms with van der Waals surface area (Å²) in [4.78, 5) is 12.4. The number of hydrogen-bond acceptors (Lipinski definition) is 4. The summed E-state index contributed by atoms with van der Waals surface area (Å²) >= 11 is 6.00. The second-order valence-electron chi connectivity index (χ2n) is 6.06. The fraction of sp³-hybridized carbons (Fsp3) is 0.438. The average Bonchev–Trinajstić information content (AvgIpc) is 3.16. The van der Waals surface area contributed by atoms with E-state index in [2.05, 4.69) is 25.4 Å². The van der Waals surface area contributed by atoms with E-state index in [0.717, 1.165) is 48.7 Å². The summed E-state index contributed by atoms with van der Waals surface area (Å²) in [5, 5.41) is 15.3. The molecular weight excluding hydrogens is 314 g/mol. The van der Waals surface area contributed by atoms with E-state index >= 15 is 0 Å². The Hall–Kier alpha value is -2.08. The van der Waals surface area contributed by atoms with Crippen molar-refractivity contribution in [3.63, 3.8) is 0 Å². The Kier molecular flexibility index (Phi) is 3.69. The summed E-state index contributed by atoms with van der Waals surface area (Å²) in [6.45, 7) is 1.36. The number of aryl methyl sites for hydroxylation is 1. The molecule has 0 radical (unpaired) electrons. The maximum atomic E-state index is 12.4. The van der Waals surface area contributed by atoms with Gasteiger partial charge >= 0.3 is 0 Å². The molecule has 4 rings (SSSR count). The van der Waals surface area contributed by atoms with Gasteiger partial charge in [0.05, 0.1) is 6.54 Å². The van der Waals surface area contributed by atoms with E-state index in [1.54, 1.807) is 0 Å². The van der Waals surface area contributed by atoms with Gasteiger partial charge in [0.25, 0.3) is 0 Å². The molecule has 0 bridgehead atoms. The van der Waals surface area contributed by atoms with Crippen molar-refractivity contribution >= 4 is 23.2 Å². The first kappa shape index (κ1) is 14.5. The number of nitrogens with zero attached hydrogens (tertiary/aromatic N) is 3. The van der Waals surface area contributed by atoms with Crippen LogP contribution in [-0.4, -0.2) is 26.7 Å². The van der Waals surface area contributed by atoms with Crippen LogP contribution >= 0.6 is 11.6 Å². The van der Waals surface area contributed by atoms with Crippen molar-refractivity contribution in [3.8, 4) is 0 Å². The first-order valence-electron chi connectivity index (χ1n) is 7.94. The Labute approximate surface area is 139 Å². The van der Waals surface area contributed by atoms with Gasteiger partial charge in [0.15, 0.2) is 5.82 Å². The molecule has 2 aliphatic rings. The van der Waals surface area contributed by atoms with E-state index in [9.17, 15) is 4.79 Å². The van der Waals surface area contributed by atoms with Crippen LogP contribution in [0.4, 0.5) is 5.69 Å². The smallest absolute Gasteiger partial charge is 0.243 e. The molecule has 0 aliphatic carbocycles. The quantitative estimate of drug-likeness (QED) is 0.901. The van der Waals surface area contributed by atoms with Crippen LogP contribution in [0.25, 0.3) is 0 Å². The lowest BCUT2D eigenvalue weighted by Gasteiger charge is -2.16. The van der Waals surface area contributed by atoms with Crippen LogP contribution in [-0.2, 0) is 30.7 Å². The number of aromatic nitrogens is 3. The highest BCUT2D eigenvalue weighted by atomic mass is 35.5. The molecule has 1 amide bonds. The number of anilines is 1. The average molecular weight is 332 g/mol. The van der Waals surface area contributed by atoms with Crippen molar-refractivity contribution < 1.29 is 4.79 Å². The highest BCUT2D eigenvalue weighted by Gasteiger charge is 2.27. The van der Waals surface area contributed by atoms with Gasteiger partial charge < -0.3 is 15.2 Å². The van der Waals surface area contributed by atoms with Crippen molar-refractivity contribution in [1.29, 1.82) is 0 Å². The highest BCUT2D eigenvalue weighted by molar-refractivity contribution is 6.30. The Morgan fingerprint density at radius 1 is 1.39 bits per heavy atom. The molecule has 7 heteroatoms. The molecule has 3 heterocycles. The van der Waals surface area contributed by atoms with Crippen LogP contribution in [0.2, 0.25) is 5.02 Å². The molecule has 0 fully saturated rings. The third kappa shape index (κ3) is 2.79.